The molecule has 3 N–H and O–H groups in total. The average Bonchev–Trinajstić information content (AvgIpc) is 4.21. The van der Waals surface area contributed by atoms with Gasteiger partial charge in [-0.2, -0.15) is 0 Å². The van der Waals surface area contributed by atoms with E-state index in [4.69, 9.17) is 10.5 Å². The van der Waals surface area contributed by atoms with Gasteiger partial charge in [0.05, 0.1) is 33.6 Å². The second kappa shape index (κ2) is 22.9. The highest BCUT2D eigenvalue weighted by molar-refractivity contribution is 7.90. The number of nitrogens with one attached hydrogen (secondary N) is 1. The third kappa shape index (κ3) is 11.8. The number of benzene rings is 3. The molecule has 22 heteroatoms. The van der Waals surface area contributed by atoms with E-state index >= 15 is 4.39 Å². The van der Waals surface area contributed by atoms with Crippen molar-refractivity contribution in [3.63, 3.8) is 0 Å². The molecule has 0 radical (unpaired) electrons. The van der Waals surface area contributed by atoms with E-state index < -0.39 is 37.8 Å². The van der Waals surface area contributed by atoms with Gasteiger partial charge in [0, 0.05) is 58.8 Å². The first-order chi connectivity index (χ1) is 37.6. The van der Waals surface area contributed by atoms with E-state index in [-0.39, 0.29) is 69.0 Å². The molecule has 11 rings (SSSR count). The molecule has 402 valence electrons. The summed E-state index contributed by atoms with van der Waals surface area (Å²) in [5.74, 6) is -0.281. The molecular weight excluding hydrogens is 1040 g/mol. The number of fused-ring (bicyclic) bond motifs is 2. The monoisotopic (exact) mass is 1090 g/mol. The van der Waals surface area contributed by atoms with Crippen LogP contribution in [0, 0.1) is 37.3 Å². The summed E-state index contributed by atoms with van der Waals surface area (Å²) in [6.07, 6.45) is 18.0. The fraction of sp³-hybridized carbons (Fsp3) is 0.304. The first-order valence-corrected chi connectivity index (χ1v) is 28.5. The van der Waals surface area contributed by atoms with Gasteiger partial charge in [0.15, 0.2) is 34.6 Å². The van der Waals surface area contributed by atoms with Crippen LogP contribution in [0.2, 0.25) is 0 Å². The minimum Gasteiger partial charge on any atom is -0.445 e. The van der Waals surface area contributed by atoms with E-state index in [1.807, 2.05) is 44.2 Å². The quantitative estimate of drug-likeness (QED) is 0.109. The molecule has 0 spiro atoms. The van der Waals surface area contributed by atoms with E-state index in [1.165, 1.54) is 37.4 Å². The van der Waals surface area contributed by atoms with Crippen molar-refractivity contribution in [1.29, 1.82) is 0 Å². The van der Waals surface area contributed by atoms with E-state index in [0.717, 1.165) is 82.0 Å². The fourth-order valence-electron chi connectivity index (χ4n) is 10.2. The summed E-state index contributed by atoms with van der Waals surface area (Å²) in [5.41, 5.74) is 10.6. The minimum atomic E-state index is -3.99. The van der Waals surface area contributed by atoms with Gasteiger partial charge in [0.2, 0.25) is 0 Å². The van der Waals surface area contributed by atoms with Crippen molar-refractivity contribution < 1.29 is 35.1 Å². The van der Waals surface area contributed by atoms with Crippen LogP contribution in [0.25, 0.3) is 44.8 Å². The van der Waals surface area contributed by atoms with Gasteiger partial charge in [-0.25, -0.2) is 78.2 Å². The SMILES string of the molecule is Cc1ccc(S(=O)(=O)n2cc(-c3ncc(F)c(C[C@@H]4CCC[C@H](N)C4)n3)c3cncnc32)cc1.Cc1ccc(S(=O)(=O)n2cc(-c3ncc(F)c(C[C@@H]4CCC[C@H](NC(=O)OCc5ccccc5)C4)n3)c3cncnc32)cc1. The number of nitrogens with two attached hydrogens (primary N) is 1. The Morgan fingerprint density at radius 2 is 1.13 bits per heavy atom. The lowest BCUT2D eigenvalue weighted by Gasteiger charge is -2.29. The van der Waals surface area contributed by atoms with Crippen LogP contribution in [0.1, 0.15) is 79.4 Å². The lowest BCUT2D eigenvalue weighted by Crippen LogP contribution is -2.39. The highest BCUT2D eigenvalue weighted by Crippen LogP contribution is 2.34. The Morgan fingerprint density at radius 1 is 0.641 bits per heavy atom. The van der Waals surface area contributed by atoms with Crippen molar-refractivity contribution in [2.75, 3.05) is 0 Å². The maximum Gasteiger partial charge on any atom is 0.407 e. The Morgan fingerprint density at radius 3 is 1.63 bits per heavy atom. The van der Waals surface area contributed by atoms with Crippen LogP contribution in [-0.4, -0.2) is 82.8 Å². The summed E-state index contributed by atoms with van der Waals surface area (Å²) >= 11 is 0. The van der Waals surface area contributed by atoms with E-state index in [0.29, 0.717) is 46.9 Å². The average molecular weight is 1100 g/mol. The van der Waals surface area contributed by atoms with Crippen LogP contribution in [0.4, 0.5) is 13.6 Å². The van der Waals surface area contributed by atoms with Crippen molar-refractivity contribution >= 4 is 48.2 Å². The molecule has 1 amide bonds. The van der Waals surface area contributed by atoms with Gasteiger partial charge in [0.1, 0.15) is 19.3 Å². The second-order valence-corrected chi connectivity index (χ2v) is 23.6. The van der Waals surface area contributed by atoms with Crippen molar-refractivity contribution in [2.24, 2.45) is 17.6 Å². The predicted molar refractivity (Wildman–Crippen MR) is 287 cm³/mol. The molecule has 4 atom stereocenters. The van der Waals surface area contributed by atoms with Crippen LogP contribution in [0.3, 0.4) is 0 Å². The highest BCUT2D eigenvalue weighted by Gasteiger charge is 2.29. The number of ether oxygens (including phenoxy) is 1. The molecule has 2 aliphatic carbocycles. The Kier molecular flexibility index (Phi) is 15.7. The minimum absolute atomic E-state index is 0.0759. The van der Waals surface area contributed by atoms with Gasteiger partial charge in [-0.3, -0.25) is 0 Å². The highest BCUT2D eigenvalue weighted by atomic mass is 32.2. The van der Waals surface area contributed by atoms with Gasteiger partial charge in [-0.15, -0.1) is 0 Å². The second-order valence-electron chi connectivity index (χ2n) is 19.9. The third-order valence-electron chi connectivity index (χ3n) is 14.2. The molecule has 78 heavy (non-hydrogen) atoms. The molecule has 9 aromatic rings. The molecule has 0 bridgehead atoms. The molecule has 2 fully saturated rings. The lowest BCUT2D eigenvalue weighted by molar-refractivity contribution is 0.130. The number of alkyl carbamates (subject to hydrolysis) is 1. The number of carbonyl (C=O) groups is 1. The fourth-order valence-corrected chi connectivity index (χ4v) is 12.8. The van der Waals surface area contributed by atoms with Crippen molar-refractivity contribution in [2.45, 2.75) is 107 Å². The Labute approximate surface area is 449 Å². The summed E-state index contributed by atoms with van der Waals surface area (Å²) in [4.78, 5) is 46.7. The molecule has 0 aliphatic heterocycles. The number of aryl methyl sites for hydroxylation is 2. The zero-order valence-electron chi connectivity index (χ0n) is 42.8. The molecule has 3 aromatic carbocycles. The first kappa shape index (κ1) is 53.4. The van der Waals surface area contributed by atoms with E-state index in [1.54, 1.807) is 48.5 Å². The van der Waals surface area contributed by atoms with Crippen molar-refractivity contribution in [3.05, 3.63) is 168 Å². The normalized spacial score (nSPS) is 17.8. The standard InChI is InChI=1S/C32H31FN6O4S.C24H25FN6O2S/c1-21-10-12-25(13-11-21)44(41,42)39-18-27(26-16-34-20-36-31(26)39)30-35-17-28(33)29(38-30)15-23-8-5-9-24(14-23)37-32(40)43-19-22-6-3-2-4-7-22;1-15-5-7-18(8-6-15)34(32,33)31-13-20(19-11-27-14-29-24(19)31)23-28-12-21(25)22(30-23)10-16-3-2-4-17(26)9-16/h2-4,6-7,10-13,16-18,20,23-24H,5,8-9,14-15,19H2,1H3,(H,37,40);5-8,11-14,16-17H,2-4,9-10,26H2,1H3/t23-,24+;16-,17+/m11/s1. The maximum atomic E-state index is 15.0. The summed E-state index contributed by atoms with van der Waals surface area (Å²) in [7, 11) is -7.93. The van der Waals surface area contributed by atoms with Gasteiger partial charge in [0.25, 0.3) is 20.0 Å². The van der Waals surface area contributed by atoms with Gasteiger partial charge in [-0.05, 0) is 107 Å². The van der Waals surface area contributed by atoms with Crippen LogP contribution in [0.5, 0.6) is 0 Å². The number of nitrogens with zero attached hydrogens (tertiary/aromatic N) is 10. The summed E-state index contributed by atoms with van der Waals surface area (Å²) in [6.45, 7) is 3.95. The molecular formula is C56H56F2N12O6S2. The van der Waals surface area contributed by atoms with Gasteiger partial charge >= 0.3 is 6.09 Å². The van der Waals surface area contributed by atoms with Gasteiger partial charge < -0.3 is 15.8 Å². The molecule has 0 saturated heterocycles. The number of carbonyl (C=O) groups excluding carboxylic acids is 1. The van der Waals surface area contributed by atoms with Crippen LogP contribution in [-0.2, 0) is 44.2 Å². The summed E-state index contributed by atoms with van der Waals surface area (Å²) in [6, 6.07) is 22.6. The van der Waals surface area contributed by atoms with Crippen LogP contribution in [0.15, 0.2) is 138 Å². The van der Waals surface area contributed by atoms with E-state index in [9.17, 15) is 26.0 Å². The number of aromatic nitrogens is 10. The predicted octanol–water partition coefficient (Wildman–Crippen LogP) is 9.23. The number of rotatable bonds is 13. The Hall–Kier alpha value is -7.95. The molecule has 6 aromatic heterocycles. The molecule has 0 unspecified atom stereocenters. The number of amides is 1. The summed E-state index contributed by atoms with van der Waals surface area (Å²) < 4.78 is 91.2. The van der Waals surface area contributed by atoms with Crippen LogP contribution < -0.4 is 11.1 Å². The largest absolute Gasteiger partial charge is 0.445 e. The number of halogens is 2. The Bertz CT molecular complexity index is 3850. The van der Waals surface area contributed by atoms with Crippen molar-refractivity contribution in [1.82, 2.24) is 53.1 Å². The molecule has 2 saturated carbocycles. The first-order valence-electron chi connectivity index (χ1n) is 25.6. The van der Waals surface area contributed by atoms with Gasteiger partial charge in [-0.1, -0.05) is 78.6 Å². The topological polar surface area (TPSA) is 246 Å². The molecule has 2 aliphatic rings. The smallest absolute Gasteiger partial charge is 0.407 e. The zero-order chi connectivity index (χ0) is 54.6. The van der Waals surface area contributed by atoms with Crippen molar-refractivity contribution in [3.8, 4) is 22.8 Å². The number of hydrogen-bond donors (Lipinski definition) is 2. The Balaban J connectivity index is 0.000000182. The van der Waals surface area contributed by atoms with E-state index in [2.05, 4.69) is 45.2 Å². The lowest BCUT2D eigenvalue weighted by atomic mass is 9.83. The zero-order valence-corrected chi connectivity index (χ0v) is 44.4. The molecule has 6 heterocycles. The summed E-state index contributed by atoms with van der Waals surface area (Å²) in [5, 5.41) is 3.84. The number of hydrogen-bond acceptors (Lipinski definition) is 15. The molecule has 18 nitrogen and oxygen atoms in total. The van der Waals surface area contributed by atoms with Crippen LogP contribution >= 0.6 is 0 Å². The maximum absolute atomic E-state index is 15.0. The third-order valence-corrected chi connectivity index (χ3v) is 17.6.